The molecule has 28 heavy (non-hydrogen) atoms. The first-order valence-electron chi connectivity index (χ1n) is 8.45. The molecular weight excluding hydrogens is 382 g/mol. The van der Waals surface area contributed by atoms with E-state index in [4.69, 9.17) is 9.63 Å². The number of hydrogen-bond donors (Lipinski definition) is 2. The fourth-order valence-corrected chi connectivity index (χ4v) is 3.42. The molecule has 1 atom stereocenters. The van der Waals surface area contributed by atoms with E-state index < -0.39 is 17.2 Å². The van der Waals surface area contributed by atoms with Crippen LogP contribution in [0.15, 0.2) is 64.1 Å². The standard InChI is InChI=1S/C19H17N3O5S/c1-2-15(16(23)20-13-10-8-12(9-11-13)18(24)25)28-17-19(26)27-21-22(17)14-6-4-3-5-7-14/h3-11,15H,2H2,1H3,(H2-,20,21,23,24,25,26). The van der Waals surface area contributed by atoms with Crippen LogP contribution in [0.1, 0.15) is 23.7 Å². The highest BCUT2D eigenvalue weighted by Gasteiger charge is 2.28. The van der Waals surface area contributed by atoms with E-state index in [9.17, 15) is 14.7 Å². The molecule has 1 aromatic heterocycles. The van der Waals surface area contributed by atoms with E-state index in [-0.39, 0.29) is 16.5 Å². The van der Waals surface area contributed by atoms with Gasteiger partial charge in [0.15, 0.2) is 5.95 Å². The van der Waals surface area contributed by atoms with Crippen LogP contribution in [0.3, 0.4) is 0 Å². The Bertz CT molecular complexity index is 973. The van der Waals surface area contributed by atoms with Crippen molar-refractivity contribution in [2.24, 2.45) is 0 Å². The van der Waals surface area contributed by atoms with Crippen molar-refractivity contribution in [3.05, 3.63) is 60.2 Å². The minimum Gasteiger partial charge on any atom is -0.538 e. The highest BCUT2D eigenvalue weighted by atomic mass is 32.2. The lowest BCUT2D eigenvalue weighted by Gasteiger charge is -2.13. The largest absolute Gasteiger partial charge is 0.538 e. The molecule has 0 fully saturated rings. The van der Waals surface area contributed by atoms with Gasteiger partial charge in [0.2, 0.25) is 11.6 Å². The van der Waals surface area contributed by atoms with Crippen LogP contribution < -0.4 is 15.1 Å². The smallest absolute Gasteiger partial charge is 0.335 e. The normalized spacial score (nSPS) is 11.8. The number of benzene rings is 2. The molecule has 144 valence electrons. The van der Waals surface area contributed by atoms with E-state index in [1.807, 2.05) is 13.0 Å². The third-order valence-corrected chi connectivity index (χ3v) is 5.28. The number of amides is 1. The van der Waals surface area contributed by atoms with Gasteiger partial charge in [0.05, 0.1) is 16.1 Å². The van der Waals surface area contributed by atoms with Crippen LogP contribution in [0, 0.1) is 0 Å². The van der Waals surface area contributed by atoms with Crippen molar-refractivity contribution >= 4 is 29.3 Å². The molecule has 3 aromatic rings. The Morgan fingerprint density at radius 2 is 1.89 bits per heavy atom. The molecule has 2 N–H and O–H groups in total. The number of carbonyl (C=O) groups is 2. The summed E-state index contributed by atoms with van der Waals surface area (Å²) in [6, 6.07) is 14.8. The number of thioether (sulfide) groups is 1. The number of anilines is 1. The van der Waals surface area contributed by atoms with Crippen molar-refractivity contribution in [3.8, 4) is 11.6 Å². The number of aromatic carboxylic acids is 1. The van der Waals surface area contributed by atoms with Gasteiger partial charge in [0.25, 0.3) is 5.03 Å². The maximum atomic E-state index is 12.6. The summed E-state index contributed by atoms with van der Waals surface area (Å²) < 4.78 is 6.14. The molecule has 3 rings (SSSR count). The number of nitrogens with one attached hydrogen (secondary N) is 1. The first-order chi connectivity index (χ1) is 13.5. The molecule has 1 amide bonds. The van der Waals surface area contributed by atoms with Gasteiger partial charge in [0, 0.05) is 17.8 Å². The summed E-state index contributed by atoms with van der Waals surface area (Å²) in [5.41, 5.74) is 1.25. The molecule has 0 aliphatic rings. The lowest BCUT2D eigenvalue weighted by Crippen LogP contribution is -2.36. The molecule has 1 unspecified atom stereocenters. The van der Waals surface area contributed by atoms with Crippen LogP contribution in [0.5, 0.6) is 5.95 Å². The van der Waals surface area contributed by atoms with Gasteiger partial charge in [-0.1, -0.05) is 25.1 Å². The molecule has 0 aliphatic carbocycles. The van der Waals surface area contributed by atoms with Gasteiger partial charge >= 0.3 is 5.97 Å². The molecule has 9 heteroatoms. The second-order valence-electron chi connectivity index (χ2n) is 5.80. The number of carbonyl (C=O) groups excluding carboxylic acids is 1. The fourth-order valence-electron chi connectivity index (χ4n) is 2.45. The van der Waals surface area contributed by atoms with Crippen LogP contribution in [0.4, 0.5) is 5.69 Å². The maximum Gasteiger partial charge on any atom is 0.335 e. The zero-order chi connectivity index (χ0) is 20.1. The van der Waals surface area contributed by atoms with Crippen LogP contribution in [0.25, 0.3) is 5.69 Å². The SMILES string of the molecule is CCC(Sc1c([O-])on[n+]1-c1ccccc1)C(=O)Nc1ccc(C(=O)O)cc1. The number of hydrogen-bond acceptors (Lipinski definition) is 6. The minimum absolute atomic E-state index is 0.129. The van der Waals surface area contributed by atoms with Crippen LogP contribution in [-0.4, -0.2) is 27.5 Å². The van der Waals surface area contributed by atoms with Crippen molar-refractivity contribution in [3.63, 3.8) is 0 Å². The summed E-state index contributed by atoms with van der Waals surface area (Å²) >= 11 is 1.07. The van der Waals surface area contributed by atoms with Gasteiger partial charge in [-0.05, 0) is 47.1 Å². The summed E-state index contributed by atoms with van der Waals surface area (Å²) in [7, 11) is 0. The zero-order valence-corrected chi connectivity index (χ0v) is 15.7. The van der Waals surface area contributed by atoms with Crippen LogP contribution in [0.2, 0.25) is 0 Å². The summed E-state index contributed by atoms with van der Waals surface area (Å²) in [5.74, 6) is -1.97. The van der Waals surface area contributed by atoms with E-state index in [0.29, 0.717) is 17.8 Å². The van der Waals surface area contributed by atoms with Gasteiger partial charge in [0.1, 0.15) is 0 Å². The summed E-state index contributed by atoms with van der Waals surface area (Å²) in [6.45, 7) is 1.83. The number of nitrogens with zero attached hydrogens (tertiary/aromatic N) is 2. The first-order valence-corrected chi connectivity index (χ1v) is 9.33. The predicted octanol–water partition coefficient (Wildman–Crippen LogP) is 2.23. The fraction of sp³-hybridized carbons (Fsp3) is 0.158. The molecule has 0 aliphatic heterocycles. The third-order valence-electron chi connectivity index (χ3n) is 3.89. The molecule has 8 nitrogen and oxygen atoms in total. The van der Waals surface area contributed by atoms with E-state index >= 15 is 0 Å². The zero-order valence-electron chi connectivity index (χ0n) is 14.9. The van der Waals surface area contributed by atoms with E-state index in [1.54, 1.807) is 24.3 Å². The van der Waals surface area contributed by atoms with Crippen LogP contribution >= 0.6 is 11.8 Å². The molecule has 0 bridgehead atoms. The number of carboxylic acid groups (broad SMARTS) is 1. The first kappa shape index (κ1) is 19.4. The van der Waals surface area contributed by atoms with Gasteiger partial charge in [-0.25, -0.2) is 4.79 Å². The molecule has 0 saturated carbocycles. The van der Waals surface area contributed by atoms with Gasteiger partial charge < -0.3 is 20.1 Å². The van der Waals surface area contributed by atoms with Crippen LogP contribution in [-0.2, 0) is 4.79 Å². The highest BCUT2D eigenvalue weighted by molar-refractivity contribution is 8.00. The third kappa shape index (κ3) is 4.32. The topological polar surface area (TPSA) is 119 Å². The Kier molecular flexibility index (Phi) is 5.95. The number of rotatable bonds is 7. The number of carboxylic acids is 1. The van der Waals surface area contributed by atoms with Gasteiger partial charge in [-0.3, -0.25) is 4.79 Å². The predicted molar refractivity (Wildman–Crippen MR) is 99.4 cm³/mol. The Balaban J connectivity index is 1.76. The van der Waals surface area contributed by atoms with E-state index in [2.05, 4.69) is 10.6 Å². The maximum absolute atomic E-state index is 12.6. The van der Waals surface area contributed by atoms with E-state index in [0.717, 1.165) is 11.8 Å². The molecule has 2 aromatic carbocycles. The molecular formula is C19H17N3O5S. The second kappa shape index (κ2) is 8.57. The number of aromatic nitrogens is 2. The minimum atomic E-state index is -1.04. The van der Waals surface area contributed by atoms with Gasteiger partial charge in [-0.15, -0.1) is 0 Å². The van der Waals surface area contributed by atoms with Gasteiger partial charge in [-0.2, -0.15) is 0 Å². The summed E-state index contributed by atoms with van der Waals surface area (Å²) in [5, 5.41) is 27.2. The lowest BCUT2D eigenvalue weighted by atomic mass is 10.2. The highest BCUT2D eigenvalue weighted by Crippen LogP contribution is 2.29. The molecule has 1 heterocycles. The molecule has 0 radical (unpaired) electrons. The van der Waals surface area contributed by atoms with E-state index in [1.165, 1.54) is 28.9 Å². The van der Waals surface area contributed by atoms with Crippen molar-refractivity contribution < 1.29 is 29.0 Å². The second-order valence-corrected chi connectivity index (χ2v) is 6.99. The van der Waals surface area contributed by atoms with Crippen molar-refractivity contribution in [2.45, 2.75) is 23.6 Å². The molecule has 0 saturated heterocycles. The average molecular weight is 399 g/mol. The van der Waals surface area contributed by atoms with Crippen molar-refractivity contribution in [2.75, 3.05) is 5.32 Å². The molecule has 0 spiro atoms. The Labute approximate surface area is 164 Å². The summed E-state index contributed by atoms with van der Waals surface area (Å²) in [6.07, 6.45) is 0.461. The Morgan fingerprint density at radius 1 is 1.21 bits per heavy atom. The number of para-hydroxylation sites is 1. The quantitative estimate of drug-likeness (QED) is 0.462. The van der Waals surface area contributed by atoms with Crippen molar-refractivity contribution in [1.29, 1.82) is 0 Å². The van der Waals surface area contributed by atoms with Crippen molar-refractivity contribution in [1.82, 2.24) is 5.27 Å². The Hall–Kier alpha value is -3.33. The lowest BCUT2D eigenvalue weighted by molar-refractivity contribution is -0.705. The monoisotopic (exact) mass is 399 g/mol. The summed E-state index contributed by atoms with van der Waals surface area (Å²) in [4.78, 5) is 23.5. The Morgan fingerprint density at radius 3 is 2.50 bits per heavy atom. The average Bonchev–Trinajstić information content (AvgIpc) is 3.07.